The number of aromatic nitrogens is 2. The van der Waals surface area contributed by atoms with Crippen molar-refractivity contribution < 1.29 is 14.3 Å². The number of hydrogen-bond donors (Lipinski definition) is 1. The van der Waals surface area contributed by atoms with Crippen molar-refractivity contribution >= 4 is 27.7 Å². The van der Waals surface area contributed by atoms with E-state index >= 15 is 0 Å². The number of ether oxygens (including phenoxy) is 2. The maximum absolute atomic E-state index is 12.1. The summed E-state index contributed by atoms with van der Waals surface area (Å²) in [6.45, 7) is 2.73. The van der Waals surface area contributed by atoms with E-state index in [1.807, 2.05) is 30.3 Å². The summed E-state index contributed by atoms with van der Waals surface area (Å²) in [5, 5.41) is 5.33. The van der Waals surface area contributed by atoms with Crippen molar-refractivity contribution in [3.05, 3.63) is 72.6 Å². The fraction of sp³-hybridized carbons (Fsp3) is 0.379. The van der Waals surface area contributed by atoms with Crippen LogP contribution in [0.5, 0.6) is 5.75 Å². The van der Waals surface area contributed by atoms with E-state index in [1.165, 1.54) is 5.39 Å². The molecule has 1 aliphatic heterocycles. The lowest BCUT2D eigenvalue weighted by Gasteiger charge is -2.13. The summed E-state index contributed by atoms with van der Waals surface area (Å²) in [5.41, 5.74) is 2.17. The minimum absolute atomic E-state index is 0.0375. The number of hydrogen-bond acceptors (Lipinski definition) is 4. The van der Waals surface area contributed by atoms with Crippen LogP contribution in [0.2, 0.25) is 0 Å². The molecule has 35 heavy (non-hydrogen) atoms. The van der Waals surface area contributed by atoms with Crippen LogP contribution in [0.1, 0.15) is 37.9 Å². The van der Waals surface area contributed by atoms with Crippen LogP contribution in [0.25, 0.3) is 21.8 Å². The van der Waals surface area contributed by atoms with E-state index in [4.69, 9.17) is 14.5 Å². The molecule has 182 valence electrons. The van der Waals surface area contributed by atoms with Crippen LogP contribution in [0.15, 0.2) is 66.7 Å². The van der Waals surface area contributed by atoms with Crippen molar-refractivity contribution in [3.8, 4) is 5.75 Å². The Morgan fingerprint density at radius 3 is 2.80 bits per heavy atom. The van der Waals surface area contributed by atoms with Crippen LogP contribution in [0.4, 0.5) is 0 Å². The minimum atomic E-state index is -0.244. The molecule has 2 heterocycles. The molecular formula is C29H33N3O3. The summed E-state index contributed by atoms with van der Waals surface area (Å²) in [7, 11) is 0. The Balaban J connectivity index is 1.15. The molecule has 1 aliphatic rings. The number of para-hydroxylation sites is 2. The lowest BCUT2D eigenvalue weighted by molar-refractivity contribution is -0.130. The molecule has 4 aromatic rings. The van der Waals surface area contributed by atoms with Crippen molar-refractivity contribution in [3.63, 3.8) is 0 Å². The zero-order valence-electron chi connectivity index (χ0n) is 20.1. The monoisotopic (exact) mass is 471 g/mol. The number of carbonyl (C=O) groups is 1. The highest BCUT2D eigenvalue weighted by Gasteiger charge is 2.22. The molecule has 1 amide bonds. The van der Waals surface area contributed by atoms with Gasteiger partial charge in [-0.3, -0.25) is 4.79 Å². The summed E-state index contributed by atoms with van der Waals surface area (Å²) < 4.78 is 14.0. The number of aryl methyl sites for hydroxylation is 1. The molecule has 0 radical (unpaired) electrons. The first-order valence-corrected chi connectivity index (χ1v) is 12.7. The second-order valence-electron chi connectivity index (χ2n) is 9.10. The van der Waals surface area contributed by atoms with Gasteiger partial charge in [-0.15, -0.1) is 0 Å². The van der Waals surface area contributed by atoms with Crippen molar-refractivity contribution in [1.82, 2.24) is 14.9 Å². The standard InChI is InChI=1S/C29H33N3O3/c33-29(27-16-9-20-34-27)30-18-7-1-2-17-28-31-24-13-5-6-14-25(24)32(28)19-21-35-26-15-8-11-22-10-3-4-12-23(22)26/h3-6,8,10-15,27H,1-2,7,9,16-21H2,(H,30,33). The molecule has 0 spiro atoms. The highest BCUT2D eigenvalue weighted by molar-refractivity contribution is 5.88. The van der Waals surface area contributed by atoms with Gasteiger partial charge in [0.2, 0.25) is 5.91 Å². The van der Waals surface area contributed by atoms with Crippen molar-refractivity contribution in [1.29, 1.82) is 0 Å². The van der Waals surface area contributed by atoms with Gasteiger partial charge in [-0.2, -0.15) is 0 Å². The van der Waals surface area contributed by atoms with Crippen molar-refractivity contribution in [2.45, 2.75) is 51.2 Å². The van der Waals surface area contributed by atoms with E-state index < -0.39 is 0 Å². The number of nitrogens with one attached hydrogen (secondary N) is 1. The number of imidazole rings is 1. The van der Waals surface area contributed by atoms with Crippen LogP contribution in [0, 0.1) is 0 Å². The Kier molecular flexibility index (Phi) is 7.59. The number of amides is 1. The number of unbranched alkanes of at least 4 members (excludes halogenated alkanes) is 2. The fourth-order valence-electron chi connectivity index (χ4n) is 4.83. The lowest BCUT2D eigenvalue weighted by atomic mass is 10.1. The Morgan fingerprint density at radius 1 is 1.03 bits per heavy atom. The number of fused-ring (bicyclic) bond motifs is 2. The van der Waals surface area contributed by atoms with Crippen LogP contribution in [0.3, 0.4) is 0 Å². The van der Waals surface area contributed by atoms with Gasteiger partial charge in [-0.25, -0.2) is 4.98 Å². The molecule has 1 N–H and O–H groups in total. The van der Waals surface area contributed by atoms with Gasteiger partial charge >= 0.3 is 0 Å². The predicted molar refractivity (Wildman–Crippen MR) is 139 cm³/mol. The zero-order chi connectivity index (χ0) is 23.9. The molecule has 3 aromatic carbocycles. The molecule has 1 saturated heterocycles. The lowest BCUT2D eigenvalue weighted by Crippen LogP contribution is -2.34. The van der Waals surface area contributed by atoms with Gasteiger partial charge in [0, 0.05) is 25.0 Å². The van der Waals surface area contributed by atoms with E-state index in [2.05, 4.69) is 46.3 Å². The number of carbonyl (C=O) groups excluding carboxylic acids is 1. The van der Waals surface area contributed by atoms with E-state index in [1.54, 1.807) is 0 Å². The number of benzene rings is 3. The molecule has 1 fully saturated rings. The van der Waals surface area contributed by atoms with E-state index in [-0.39, 0.29) is 12.0 Å². The van der Waals surface area contributed by atoms with Gasteiger partial charge in [-0.05, 0) is 49.3 Å². The molecule has 0 saturated carbocycles. The highest BCUT2D eigenvalue weighted by Crippen LogP contribution is 2.25. The van der Waals surface area contributed by atoms with Gasteiger partial charge < -0.3 is 19.4 Å². The third-order valence-corrected chi connectivity index (χ3v) is 6.65. The molecule has 0 bridgehead atoms. The first-order valence-electron chi connectivity index (χ1n) is 12.7. The summed E-state index contributed by atoms with van der Waals surface area (Å²) in [4.78, 5) is 17.0. The Bertz CT molecular complexity index is 1270. The fourth-order valence-corrected chi connectivity index (χ4v) is 4.83. The van der Waals surface area contributed by atoms with Gasteiger partial charge in [0.1, 0.15) is 24.3 Å². The van der Waals surface area contributed by atoms with E-state index in [0.717, 1.165) is 73.1 Å². The zero-order valence-corrected chi connectivity index (χ0v) is 20.1. The quantitative estimate of drug-likeness (QED) is 0.303. The third kappa shape index (κ3) is 5.65. The topological polar surface area (TPSA) is 65.4 Å². The molecule has 5 rings (SSSR count). The largest absolute Gasteiger partial charge is 0.491 e. The van der Waals surface area contributed by atoms with Gasteiger partial charge in [-0.1, -0.05) is 55.0 Å². The molecule has 1 unspecified atom stereocenters. The van der Waals surface area contributed by atoms with Gasteiger partial charge in [0.05, 0.1) is 17.6 Å². The van der Waals surface area contributed by atoms with E-state index in [0.29, 0.717) is 19.8 Å². The van der Waals surface area contributed by atoms with Gasteiger partial charge in [0.25, 0.3) is 0 Å². The van der Waals surface area contributed by atoms with Crippen LogP contribution in [-0.2, 0) is 22.5 Å². The summed E-state index contributed by atoms with van der Waals surface area (Å²) in [5.74, 6) is 2.05. The average molecular weight is 472 g/mol. The summed E-state index contributed by atoms with van der Waals surface area (Å²) in [6.07, 6.45) is 5.51. The predicted octanol–water partition coefficient (Wildman–Crippen LogP) is 5.28. The molecular weight excluding hydrogens is 438 g/mol. The second kappa shape index (κ2) is 11.4. The first kappa shape index (κ1) is 23.4. The van der Waals surface area contributed by atoms with Crippen molar-refractivity contribution in [2.75, 3.05) is 19.8 Å². The molecule has 1 atom stereocenters. The highest BCUT2D eigenvalue weighted by atomic mass is 16.5. The van der Waals surface area contributed by atoms with Crippen LogP contribution < -0.4 is 10.1 Å². The van der Waals surface area contributed by atoms with Crippen molar-refractivity contribution in [2.24, 2.45) is 0 Å². The smallest absolute Gasteiger partial charge is 0.249 e. The molecule has 6 nitrogen and oxygen atoms in total. The maximum atomic E-state index is 12.1. The summed E-state index contributed by atoms with van der Waals surface area (Å²) >= 11 is 0. The Labute approximate surface area is 206 Å². The second-order valence-corrected chi connectivity index (χ2v) is 9.10. The SMILES string of the molecule is O=C(NCCCCCc1nc2ccccc2n1CCOc1cccc2ccccc12)C1CCCO1. The summed E-state index contributed by atoms with van der Waals surface area (Å²) in [6, 6.07) is 22.8. The maximum Gasteiger partial charge on any atom is 0.249 e. The van der Waals surface area contributed by atoms with Crippen LogP contribution >= 0.6 is 0 Å². The average Bonchev–Trinajstić information content (AvgIpc) is 3.55. The Hall–Kier alpha value is -3.38. The first-order chi connectivity index (χ1) is 17.3. The molecule has 0 aliphatic carbocycles. The number of rotatable bonds is 11. The van der Waals surface area contributed by atoms with Crippen LogP contribution in [-0.4, -0.2) is 41.3 Å². The molecule has 6 heteroatoms. The Morgan fingerprint density at radius 2 is 1.89 bits per heavy atom. The third-order valence-electron chi connectivity index (χ3n) is 6.65. The normalized spacial score (nSPS) is 15.6. The van der Waals surface area contributed by atoms with E-state index in [9.17, 15) is 4.79 Å². The molecule has 1 aromatic heterocycles. The number of nitrogens with zero attached hydrogens (tertiary/aromatic N) is 2. The minimum Gasteiger partial charge on any atom is -0.491 e. The van der Waals surface area contributed by atoms with Gasteiger partial charge in [0.15, 0.2) is 0 Å².